The van der Waals surface area contributed by atoms with Gasteiger partial charge in [-0.2, -0.15) is 0 Å². The van der Waals surface area contributed by atoms with E-state index in [0.717, 1.165) is 32.2 Å². The van der Waals surface area contributed by atoms with Crippen molar-refractivity contribution in [2.75, 3.05) is 0 Å². The second-order valence-corrected chi connectivity index (χ2v) is 5.54. The van der Waals surface area contributed by atoms with Gasteiger partial charge in [-0.3, -0.25) is 0 Å². The number of nitrogens with zero attached hydrogens (tertiary/aromatic N) is 2. The summed E-state index contributed by atoms with van der Waals surface area (Å²) < 4.78 is 6.12. The van der Waals surface area contributed by atoms with Gasteiger partial charge in [0.2, 0.25) is 12.3 Å². The minimum Gasteiger partial charge on any atom is -0.423 e. The number of hydrogen-bond acceptors (Lipinski definition) is 4. The Morgan fingerprint density at radius 3 is 2.68 bits per heavy atom. The van der Waals surface area contributed by atoms with Gasteiger partial charge in [0.1, 0.15) is 0 Å². The number of imidazole rings is 1. The fraction of sp³-hybridized carbons (Fsp3) is 0. The number of benzene rings is 2. The molecule has 2 N–H and O–H groups in total. The van der Waals surface area contributed by atoms with Crippen LogP contribution in [0.25, 0.3) is 33.6 Å². The summed E-state index contributed by atoms with van der Waals surface area (Å²) in [5.74, 6) is 0.449. The highest BCUT2D eigenvalue weighted by atomic mass is 79.9. The van der Waals surface area contributed by atoms with Crippen molar-refractivity contribution in [2.45, 2.75) is 0 Å². The van der Waals surface area contributed by atoms with Crippen LogP contribution in [0.4, 0.5) is 0 Å². The molecule has 0 aliphatic carbocycles. The Kier molecular flexibility index (Phi) is 2.93. The van der Waals surface area contributed by atoms with Crippen molar-refractivity contribution in [3.05, 3.63) is 57.7 Å². The molecule has 0 saturated carbocycles. The lowest BCUT2D eigenvalue weighted by Crippen LogP contribution is -1.99. The molecule has 2 aromatic carbocycles. The SMILES string of the molecule is O=c1[nH]c2ccc(-c3cccc(-c4nnco4)c3Br)cc2[nH]1. The molecule has 0 bridgehead atoms. The Labute approximate surface area is 132 Å². The summed E-state index contributed by atoms with van der Waals surface area (Å²) in [7, 11) is 0. The van der Waals surface area contributed by atoms with Crippen LogP contribution in [0.3, 0.4) is 0 Å². The number of H-pyrrole nitrogens is 2. The third-order valence-corrected chi connectivity index (χ3v) is 4.27. The number of aromatic nitrogens is 4. The first kappa shape index (κ1) is 13.0. The zero-order chi connectivity index (χ0) is 15.1. The van der Waals surface area contributed by atoms with Gasteiger partial charge in [0, 0.05) is 4.47 Å². The fourth-order valence-electron chi connectivity index (χ4n) is 2.41. The van der Waals surface area contributed by atoms with E-state index in [9.17, 15) is 4.79 Å². The van der Waals surface area contributed by atoms with Gasteiger partial charge >= 0.3 is 5.69 Å². The van der Waals surface area contributed by atoms with Crippen molar-refractivity contribution >= 4 is 27.0 Å². The molecule has 4 rings (SSSR count). The highest BCUT2D eigenvalue weighted by Crippen LogP contribution is 2.36. The highest BCUT2D eigenvalue weighted by molar-refractivity contribution is 9.10. The Balaban J connectivity index is 1.91. The molecule has 4 aromatic rings. The Morgan fingerprint density at radius 1 is 1.05 bits per heavy atom. The van der Waals surface area contributed by atoms with Crippen LogP contribution in [0.5, 0.6) is 0 Å². The topological polar surface area (TPSA) is 87.6 Å². The van der Waals surface area contributed by atoms with Gasteiger partial charge in [0.05, 0.1) is 16.6 Å². The molecule has 0 saturated heterocycles. The van der Waals surface area contributed by atoms with Gasteiger partial charge in [0.15, 0.2) is 0 Å². The third-order valence-electron chi connectivity index (χ3n) is 3.42. The van der Waals surface area contributed by atoms with E-state index in [1.54, 1.807) is 0 Å². The molecule has 6 nitrogen and oxygen atoms in total. The van der Waals surface area contributed by atoms with Crippen LogP contribution in [0.15, 0.2) is 56.5 Å². The van der Waals surface area contributed by atoms with Crippen molar-refractivity contribution in [3.8, 4) is 22.6 Å². The van der Waals surface area contributed by atoms with Crippen LogP contribution in [0, 0.1) is 0 Å². The first-order chi connectivity index (χ1) is 10.7. The molecule has 108 valence electrons. The molecule has 7 heteroatoms. The first-order valence-corrected chi connectivity index (χ1v) is 7.29. The second kappa shape index (κ2) is 4.96. The molecule has 0 spiro atoms. The largest absolute Gasteiger partial charge is 0.423 e. The maximum atomic E-state index is 11.4. The summed E-state index contributed by atoms with van der Waals surface area (Å²) in [5.41, 5.74) is 4.08. The number of aromatic amines is 2. The second-order valence-electron chi connectivity index (χ2n) is 4.75. The van der Waals surface area contributed by atoms with Crippen molar-refractivity contribution < 1.29 is 4.42 Å². The molecule has 0 atom stereocenters. The average Bonchev–Trinajstić information content (AvgIpc) is 3.15. The highest BCUT2D eigenvalue weighted by Gasteiger charge is 2.13. The molecule has 0 aliphatic heterocycles. The molecular formula is C15H9BrN4O2. The summed E-state index contributed by atoms with van der Waals surface area (Å²) >= 11 is 3.60. The van der Waals surface area contributed by atoms with Crippen molar-refractivity contribution in [1.29, 1.82) is 0 Å². The van der Waals surface area contributed by atoms with E-state index >= 15 is 0 Å². The smallest absolute Gasteiger partial charge is 0.323 e. The van der Waals surface area contributed by atoms with Gasteiger partial charge in [-0.15, -0.1) is 10.2 Å². The molecule has 2 aromatic heterocycles. The summed E-state index contributed by atoms with van der Waals surface area (Å²) in [6.45, 7) is 0. The predicted molar refractivity (Wildman–Crippen MR) is 85.3 cm³/mol. The predicted octanol–water partition coefficient (Wildman–Crippen LogP) is 3.34. The number of halogens is 1. The lowest BCUT2D eigenvalue weighted by molar-refractivity contribution is 0.568. The lowest BCUT2D eigenvalue weighted by atomic mass is 10.0. The van der Waals surface area contributed by atoms with Crippen molar-refractivity contribution in [2.24, 2.45) is 0 Å². The summed E-state index contributed by atoms with van der Waals surface area (Å²) in [4.78, 5) is 16.9. The lowest BCUT2D eigenvalue weighted by Gasteiger charge is -2.08. The Morgan fingerprint density at radius 2 is 1.86 bits per heavy atom. The van der Waals surface area contributed by atoms with Crippen molar-refractivity contribution in [1.82, 2.24) is 20.2 Å². The Bertz CT molecular complexity index is 1020. The van der Waals surface area contributed by atoms with E-state index in [1.807, 2.05) is 36.4 Å². The minimum absolute atomic E-state index is 0.217. The zero-order valence-electron chi connectivity index (χ0n) is 11.1. The molecule has 0 amide bonds. The molecule has 0 fully saturated rings. The maximum Gasteiger partial charge on any atom is 0.323 e. The van der Waals surface area contributed by atoms with E-state index in [-0.39, 0.29) is 5.69 Å². The van der Waals surface area contributed by atoms with Gasteiger partial charge in [-0.1, -0.05) is 18.2 Å². The molecule has 0 radical (unpaired) electrons. The minimum atomic E-state index is -0.217. The van der Waals surface area contributed by atoms with Gasteiger partial charge in [0.25, 0.3) is 0 Å². The van der Waals surface area contributed by atoms with Crippen molar-refractivity contribution in [3.63, 3.8) is 0 Å². The summed E-state index contributed by atoms with van der Waals surface area (Å²) in [5, 5.41) is 7.64. The molecule has 0 unspecified atom stereocenters. The van der Waals surface area contributed by atoms with Crippen LogP contribution in [-0.2, 0) is 0 Å². The van der Waals surface area contributed by atoms with Crippen LogP contribution in [-0.4, -0.2) is 20.2 Å². The average molecular weight is 357 g/mol. The van der Waals surface area contributed by atoms with E-state index in [2.05, 4.69) is 36.1 Å². The van der Waals surface area contributed by atoms with Gasteiger partial charge < -0.3 is 14.4 Å². The molecular weight excluding hydrogens is 348 g/mol. The number of nitrogens with one attached hydrogen (secondary N) is 2. The molecule has 22 heavy (non-hydrogen) atoms. The zero-order valence-corrected chi connectivity index (χ0v) is 12.7. The standard InChI is InChI=1S/C15H9BrN4O2/c16-13-9(2-1-3-10(13)14-20-17-7-22-14)8-4-5-11-12(6-8)19-15(21)18-11/h1-7H,(H2,18,19,21). The third kappa shape index (κ3) is 2.06. The van der Waals surface area contributed by atoms with E-state index < -0.39 is 0 Å². The van der Waals surface area contributed by atoms with Crippen LogP contribution < -0.4 is 5.69 Å². The number of fused-ring (bicyclic) bond motifs is 1. The summed E-state index contributed by atoms with van der Waals surface area (Å²) in [6.07, 6.45) is 1.30. The van der Waals surface area contributed by atoms with E-state index in [1.165, 1.54) is 6.39 Å². The van der Waals surface area contributed by atoms with E-state index in [0.29, 0.717) is 5.89 Å². The van der Waals surface area contributed by atoms with Gasteiger partial charge in [-0.25, -0.2) is 4.79 Å². The van der Waals surface area contributed by atoms with Crippen LogP contribution in [0.2, 0.25) is 0 Å². The first-order valence-electron chi connectivity index (χ1n) is 6.50. The monoisotopic (exact) mass is 356 g/mol. The van der Waals surface area contributed by atoms with Crippen LogP contribution in [0.1, 0.15) is 0 Å². The van der Waals surface area contributed by atoms with Gasteiger partial charge in [-0.05, 0) is 45.3 Å². The Hall–Kier alpha value is -2.67. The normalized spacial score (nSPS) is 11.1. The number of rotatable bonds is 2. The van der Waals surface area contributed by atoms with Crippen LogP contribution >= 0.6 is 15.9 Å². The molecule has 2 heterocycles. The van der Waals surface area contributed by atoms with E-state index in [4.69, 9.17) is 4.42 Å². The summed E-state index contributed by atoms with van der Waals surface area (Å²) in [6, 6.07) is 11.5. The fourth-order valence-corrected chi connectivity index (χ4v) is 3.07. The number of hydrogen-bond donors (Lipinski definition) is 2. The maximum absolute atomic E-state index is 11.4. The molecule has 0 aliphatic rings. The quantitative estimate of drug-likeness (QED) is 0.576.